The van der Waals surface area contributed by atoms with Crippen LogP contribution in [0.5, 0.6) is 5.75 Å². The Kier molecular flexibility index (Phi) is 14.8. The van der Waals surface area contributed by atoms with Crippen LogP contribution in [0.3, 0.4) is 0 Å². The number of amides is 2. The number of sulfonamides is 1. The van der Waals surface area contributed by atoms with E-state index in [1.54, 1.807) is 75.1 Å². The third kappa shape index (κ3) is 10.6. The zero-order valence-corrected chi connectivity index (χ0v) is 35.3. The summed E-state index contributed by atoms with van der Waals surface area (Å²) >= 11 is 12.7. The van der Waals surface area contributed by atoms with Gasteiger partial charge >= 0.3 is 0 Å². The summed E-state index contributed by atoms with van der Waals surface area (Å²) in [7, 11) is -0.836. The fraction of sp³-hybridized carbons (Fsp3) is 0.500. The van der Waals surface area contributed by atoms with Crippen molar-refractivity contribution in [3.63, 3.8) is 0 Å². The maximum absolute atomic E-state index is 15.4. The van der Waals surface area contributed by atoms with Crippen LogP contribution in [0.4, 0.5) is 0 Å². The van der Waals surface area contributed by atoms with Gasteiger partial charge < -0.3 is 24.0 Å². The van der Waals surface area contributed by atoms with Crippen LogP contribution in [0.1, 0.15) is 56.5 Å². The number of carbonyl (C=O) groups excluding carboxylic acids is 2. The van der Waals surface area contributed by atoms with Gasteiger partial charge in [-0.2, -0.15) is 0 Å². The second-order valence-corrected chi connectivity index (χ2v) is 17.5. The van der Waals surface area contributed by atoms with E-state index in [0.29, 0.717) is 73.8 Å². The molecule has 5 rings (SSSR count). The topological polar surface area (TPSA) is 142 Å². The number of benzene rings is 3. The SMILES string of the molecule is CCOc1ccc(S(=O)(=O)NC(C)(C)C)cc1C1(C(=O)N2CCN(CC(=O)N(CCOC)CCOC)CC2)N[C@H](c2ccc(Cl)cc2)[C@H](c2ccc(Cl)cc2)N1. The van der Waals surface area contributed by atoms with Crippen LogP contribution in [-0.2, 0) is 34.7 Å². The molecule has 0 bridgehead atoms. The molecule has 2 amide bonds. The average Bonchev–Trinajstić information content (AvgIpc) is 3.56. The van der Waals surface area contributed by atoms with Gasteiger partial charge in [0.15, 0.2) is 5.66 Å². The van der Waals surface area contributed by atoms with Gasteiger partial charge in [-0.15, -0.1) is 0 Å². The summed E-state index contributed by atoms with van der Waals surface area (Å²) in [6.07, 6.45) is 0. The summed E-state index contributed by atoms with van der Waals surface area (Å²) in [5.74, 6) is -0.0204. The van der Waals surface area contributed by atoms with E-state index >= 15 is 4.79 Å². The third-order valence-corrected chi connectivity index (χ3v) is 12.0. The minimum atomic E-state index is -4.03. The van der Waals surface area contributed by atoms with Gasteiger partial charge in [0, 0.05) is 74.6 Å². The first-order valence-corrected chi connectivity index (χ1v) is 21.0. The van der Waals surface area contributed by atoms with Crippen molar-refractivity contribution in [1.29, 1.82) is 0 Å². The van der Waals surface area contributed by atoms with Crippen LogP contribution in [-0.4, -0.2) is 120 Å². The molecule has 3 N–H and O–H groups in total. The van der Waals surface area contributed by atoms with Crippen LogP contribution in [0.15, 0.2) is 71.6 Å². The average molecular weight is 834 g/mol. The molecular weight excluding hydrogens is 779 g/mol. The minimum Gasteiger partial charge on any atom is -0.493 e. The van der Waals surface area contributed by atoms with Crippen molar-refractivity contribution in [1.82, 2.24) is 30.1 Å². The number of ether oxygens (including phenoxy) is 3. The van der Waals surface area contributed by atoms with Gasteiger partial charge in [-0.05, 0) is 81.3 Å². The maximum atomic E-state index is 15.4. The molecule has 0 spiro atoms. The molecule has 1 unspecified atom stereocenters. The summed E-state index contributed by atoms with van der Waals surface area (Å²) in [6, 6.07) is 18.4. The van der Waals surface area contributed by atoms with Crippen molar-refractivity contribution in [3.05, 3.63) is 93.5 Å². The third-order valence-electron chi connectivity index (χ3n) is 9.76. The molecule has 3 aromatic rings. The lowest BCUT2D eigenvalue weighted by Gasteiger charge is -2.41. The predicted octanol–water partition coefficient (Wildman–Crippen LogP) is 4.56. The highest BCUT2D eigenvalue weighted by molar-refractivity contribution is 7.89. The Morgan fingerprint density at radius 1 is 0.857 bits per heavy atom. The van der Waals surface area contributed by atoms with Crippen molar-refractivity contribution in [3.8, 4) is 5.75 Å². The first-order chi connectivity index (χ1) is 26.6. The Morgan fingerprint density at radius 3 is 1.84 bits per heavy atom. The molecule has 2 aliphatic heterocycles. The van der Waals surface area contributed by atoms with Crippen LogP contribution in [0, 0.1) is 0 Å². The van der Waals surface area contributed by atoms with E-state index < -0.39 is 33.3 Å². The fourth-order valence-corrected chi connectivity index (χ4v) is 8.77. The van der Waals surface area contributed by atoms with Gasteiger partial charge in [-0.1, -0.05) is 47.5 Å². The van der Waals surface area contributed by atoms with E-state index in [1.165, 1.54) is 12.1 Å². The number of methoxy groups -OCH3 is 2. The molecule has 306 valence electrons. The van der Waals surface area contributed by atoms with E-state index in [2.05, 4.69) is 15.4 Å². The van der Waals surface area contributed by atoms with Crippen LogP contribution >= 0.6 is 23.2 Å². The molecule has 0 aromatic heterocycles. The second kappa shape index (κ2) is 19.0. The second-order valence-electron chi connectivity index (χ2n) is 15.0. The summed E-state index contributed by atoms with van der Waals surface area (Å²) in [4.78, 5) is 34.3. The Balaban J connectivity index is 1.57. The van der Waals surface area contributed by atoms with Gasteiger partial charge in [0.1, 0.15) is 5.75 Å². The monoisotopic (exact) mass is 832 g/mol. The zero-order valence-electron chi connectivity index (χ0n) is 32.9. The molecule has 0 radical (unpaired) electrons. The number of rotatable bonds is 16. The van der Waals surface area contributed by atoms with Crippen LogP contribution in [0.2, 0.25) is 10.0 Å². The quantitative estimate of drug-likeness (QED) is 0.188. The van der Waals surface area contributed by atoms with E-state index in [-0.39, 0.29) is 29.9 Å². The number of nitrogens with zero attached hydrogens (tertiary/aromatic N) is 3. The Morgan fingerprint density at radius 2 is 1.38 bits per heavy atom. The lowest BCUT2D eigenvalue weighted by atomic mass is 9.95. The lowest BCUT2D eigenvalue weighted by Crippen LogP contribution is -2.62. The van der Waals surface area contributed by atoms with Gasteiger partial charge in [0.25, 0.3) is 5.91 Å². The molecular formula is C40H54Cl2N6O7S. The molecule has 2 heterocycles. The summed E-state index contributed by atoms with van der Waals surface area (Å²) in [6.45, 7) is 10.8. The first kappa shape index (κ1) is 43.8. The fourth-order valence-electron chi connectivity index (χ4n) is 7.08. The first-order valence-electron chi connectivity index (χ1n) is 18.8. The zero-order chi connectivity index (χ0) is 40.7. The van der Waals surface area contributed by atoms with E-state index in [4.69, 9.17) is 37.4 Å². The smallest absolute Gasteiger partial charge is 0.262 e. The highest BCUT2D eigenvalue weighted by Crippen LogP contribution is 2.45. The number of hydrogen-bond donors (Lipinski definition) is 3. The molecule has 13 nitrogen and oxygen atoms in total. The highest BCUT2D eigenvalue weighted by Gasteiger charge is 2.55. The van der Waals surface area contributed by atoms with Gasteiger partial charge in [-0.25, -0.2) is 13.1 Å². The normalized spacial score (nSPS) is 20.6. The summed E-state index contributed by atoms with van der Waals surface area (Å²) < 4.78 is 47.0. The van der Waals surface area contributed by atoms with Crippen molar-refractivity contribution >= 4 is 45.0 Å². The predicted molar refractivity (Wildman–Crippen MR) is 217 cm³/mol. The Hall–Kier alpha value is -3.31. The van der Waals surface area contributed by atoms with E-state index in [1.807, 2.05) is 36.1 Å². The highest BCUT2D eigenvalue weighted by atomic mass is 35.5. The van der Waals surface area contributed by atoms with Crippen molar-refractivity contribution in [2.45, 2.75) is 55.9 Å². The van der Waals surface area contributed by atoms with Crippen molar-refractivity contribution in [2.24, 2.45) is 0 Å². The number of hydrogen-bond acceptors (Lipinski definition) is 10. The standard InChI is InChI=1S/C40H54Cl2N6O7S/c1-7-55-34-17-16-32(56(51,52)45-39(2,3)4)26-33(34)40(38(50)48-20-18-46(19-21-48)27-35(49)47(22-24-53-5)23-25-54-6)43-36(28-8-12-30(41)13-9-28)37(44-40)29-10-14-31(42)15-11-29/h8-17,26,36-37,43-45H,7,18-25,27H2,1-6H3/t36-,37+,40?. The maximum Gasteiger partial charge on any atom is 0.262 e. The van der Waals surface area contributed by atoms with Crippen molar-refractivity contribution in [2.75, 3.05) is 79.9 Å². The molecule has 3 atom stereocenters. The van der Waals surface area contributed by atoms with Crippen molar-refractivity contribution < 1.29 is 32.2 Å². The number of halogens is 2. The Labute approximate surface area is 341 Å². The molecule has 56 heavy (non-hydrogen) atoms. The van der Waals surface area contributed by atoms with E-state index in [0.717, 1.165) is 11.1 Å². The van der Waals surface area contributed by atoms with E-state index in [9.17, 15) is 13.2 Å². The Bertz CT molecular complexity index is 1840. The molecule has 2 saturated heterocycles. The summed E-state index contributed by atoms with van der Waals surface area (Å²) in [5.41, 5.74) is -0.424. The molecule has 16 heteroatoms. The number of carbonyl (C=O) groups is 2. The molecule has 0 saturated carbocycles. The largest absolute Gasteiger partial charge is 0.493 e. The van der Waals surface area contributed by atoms with Crippen LogP contribution < -0.4 is 20.1 Å². The minimum absolute atomic E-state index is 0.0190. The van der Waals surface area contributed by atoms with Gasteiger partial charge in [0.05, 0.1) is 43.3 Å². The molecule has 0 aliphatic carbocycles. The van der Waals surface area contributed by atoms with Crippen LogP contribution in [0.25, 0.3) is 0 Å². The lowest BCUT2D eigenvalue weighted by molar-refractivity contribution is -0.142. The molecule has 3 aromatic carbocycles. The number of piperazine rings is 1. The van der Waals surface area contributed by atoms with Gasteiger partial charge in [0.2, 0.25) is 15.9 Å². The number of nitrogens with one attached hydrogen (secondary N) is 3. The molecule has 2 aliphatic rings. The van der Waals surface area contributed by atoms with Gasteiger partial charge in [-0.3, -0.25) is 25.1 Å². The summed E-state index contributed by atoms with van der Waals surface area (Å²) in [5, 5.41) is 8.46. The molecule has 2 fully saturated rings.